The molecule has 0 spiro atoms. The Morgan fingerprint density at radius 2 is 1.46 bits per heavy atom. The van der Waals surface area contributed by atoms with Gasteiger partial charge in [-0.2, -0.15) is 0 Å². The third kappa shape index (κ3) is 8.62. The van der Waals surface area contributed by atoms with Crippen molar-refractivity contribution >= 4 is 23.5 Å². The molecule has 0 aliphatic carbocycles. The molecule has 11 nitrogen and oxygen atoms in total. The largest absolute Gasteiger partial charge is 0.497 e. The first-order chi connectivity index (χ1) is 22.3. The van der Waals surface area contributed by atoms with Gasteiger partial charge in [-0.15, -0.1) is 11.8 Å². The molecular formula is C34H44N2O9S. The molecule has 250 valence electrons. The predicted octanol–water partition coefficient (Wildman–Crippen LogP) is 7.52. The van der Waals surface area contributed by atoms with Gasteiger partial charge in [0.05, 0.1) is 66.6 Å². The number of amides is 2. The molecule has 0 unspecified atom stereocenters. The molecule has 2 N–H and O–H groups in total. The van der Waals surface area contributed by atoms with Crippen LogP contribution in [0.15, 0.2) is 53.4 Å². The van der Waals surface area contributed by atoms with Crippen molar-refractivity contribution in [2.24, 2.45) is 0 Å². The van der Waals surface area contributed by atoms with Gasteiger partial charge in [-0.1, -0.05) is 13.3 Å². The fraction of sp³-hybridized carbons (Fsp3) is 0.441. The second kappa shape index (κ2) is 17.1. The minimum Gasteiger partial charge on any atom is -0.497 e. The van der Waals surface area contributed by atoms with E-state index in [0.29, 0.717) is 58.3 Å². The Labute approximate surface area is 275 Å². The molecule has 2 atom stereocenters. The normalized spacial score (nSPS) is 15.6. The summed E-state index contributed by atoms with van der Waals surface area (Å²) in [5, 5.41) is 13.9. The molecule has 1 heterocycles. The molecule has 3 aromatic carbocycles. The van der Waals surface area contributed by atoms with Crippen molar-refractivity contribution in [3.63, 3.8) is 0 Å². The highest BCUT2D eigenvalue weighted by Crippen LogP contribution is 2.48. The van der Waals surface area contributed by atoms with E-state index in [2.05, 4.69) is 5.32 Å². The zero-order valence-corrected chi connectivity index (χ0v) is 28.1. The first-order valence-electron chi connectivity index (χ1n) is 15.2. The summed E-state index contributed by atoms with van der Waals surface area (Å²) < 4.78 is 40.3. The van der Waals surface area contributed by atoms with Crippen molar-refractivity contribution in [3.05, 3.63) is 59.7 Å². The standard InChI is InChI=1S/C34H44N2O9S/c1-7-8-15-36(38)34(37)35-26-18-22(19-29(40-3)32(26)44-16-17-46-25-11-9-24(39-2)10-12-25)27-13-14-28(45-27)23-20-30(41-4)33(43-6)31(21-23)42-5/h9-12,18-21,27-28,38H,7-8,13-17H2,1-6H3,(H,35,37)/t27-,28-/m0/s1. The predicted molar refractivity (Wildman–Crippen MR) is 177 cm³/mol. The van der Waals surface area contributed by atoms with Crippen LogP contribution in [0.25, 0.3) is 0 Å². The summed E-state index contributed by atoms with van der Waals surface area (Å²) in [5.74, 6) is 3.89. The molecule has 0 bridgehead atoms. The number of thioether (sulfide) groups is 1. The van der Waals surface area contributed by atoms with Gasteiger partial charge in [0.25, 0.3) is 0 Å². The van der Waals surface area contributed by atoms with E-state index in [1.54, 1.807) is 47.3 Å². The lowest BCUT2D eigenvalue weighted by Crippen LogP contribution is -2.33. The highest BCUT2D eigenvalue weighted by atomic mass is 32.2. The number of unbranched alkanes of at least 4 members (excludes halogenated alkanes) is 1. The Hall–Kier alpha value is -4.00. The number of hydrogen-bond donors (Lipinski definition) is 2. The summed E-state index contributed by atoms with van der Waals surface area (Å²) in [7, 11) is 7.92. The summed E-state index contributed by atoms with van der Waals surface area (Å²) in [4.78, 5) is 14.0. The van der Waals surface area contributed by atoms with Crippen LogP contribution in [0.2, 0.25) is 0 Å². The van der Waals surface area contributed by atoms with Crippen molar-refractivity contribution in [3.8, 4) is 34.5 Å². The molecule has 1 fully saturated rings. The molecular weight excluding hydrogens is 612 g/mol. The summed E-state index contributed by atoms with van der Waals surface area (Å²) in [6, 6.07) is 14.6. The summed E-state index contributed by atoms with van der Waals surface area (Å²) in [6.07, 6.45) is 2.45. The molecule has 1 saturated heterocycles. The van der Waals surface area contributed by atoms with Crippen molar-refractivity contribution in [1.82, 2.24) is 5.06 Å². The van der Waals surface area contributed by atoms with Crippen molar-refractivity contribution in [2.75, 3.05) is 59.8 Å². The van der Waals surface area contributed by atoms with Crippen LogP contribution < -0.4 is 33.7 Å². The van der Waals surface area contributed by atoms with E-state index < -0.39 is 6.03 Å². The minimum atomic E-state index is -0.659. The van der Waals surface area contributed by atoms with Gasteiger partial charge in [0.2, 0.25) is 5.75 Å². The van der Waals surface area contributed by atoms with Gasteiger partial charge < -0.3 is 38.5 Å². The Balaban J connectivity index is 1.56. The molecule has 0 radical (unpaired) electrons. The zero-order valence-electron chi connectivity index (χ0n) is 27.3. The maximum Gasteiger partial charge on any atom is 0.345 e. The van der Waals surface area contributed by atoms with Crippen LogP contribution in [0.1, 0.15) is 55.9 Å². The third-order valence-electron chi connectivity index (χ3n) is 7.60. The number of hydroxylamine groups is 2. The van der Waals surface area contributed by atoms with E-state index in [4.69, 9.17) is 33.2 Å². The molecule has 3 aromatic rings. The lowest BCUT2D eigenvalue weighted by molar-refractivity contribution is -0.0379. The fourth-order valence-corrected chi connectivity index (χ4v) is 5.91. The van der Waals surface area contributed by atoms with Gasteiger partial charge >= 0.3 is 6.03 Å². The lowest BCUT2D eigenvalue weighted by Gasteiger charge is -2.22. The number of anilines is 1. The highest BCUT2D eigenvalue weighted by Gasteiger charge is 2.31. The van der Waals surface area contributed by atoms with Crippen LogP contribution in [0.4, 0.5) is 10.5 Å². The number of ether oxygens (including phenoxy) is 7. The molecule has 2 amide bonds. The number of rotatable bonds is 16. The SMILES string of the molecule is CCCCN(O)C(=O)Nc1cc([C@@H]2CC[C@@H](c3cc(OC)c(OC)c(OC)c3)O2)cc(OC)c1OCCSc1ccc(OC)cc1. The Morgan fingerprint density at radius 1 is 0.870 bits per heavy atom. The van der Waals surface area contributed by atoms with E-state index in [9.17, 15) is 10.0 Å². The first-order valence-corrected chi connectivity index (χ1v) is 16.2. The van der Waals surface area contributed by atoms with E-state index in [1.165, 1.54) is 0 Å². The number of benzene rings is 3. The number of hydrogen-bond acceptors (Lipinski definition) is 10. The van der Waals surface area contributed by atoms with Crippen LogP contribution in [0.3, 0.4) is 0 Å². The maximum atomic E-state index is 13.0. The number of nitrogens with one attached hydrogen (secondary N) is 1. The second-order valence-corrected chi connectivity index (χ2v) is 11.7. The van der Waals surface area contributed by atoms with Gasteiger partial charge in [-0.05, 0) is 78.9 Å². The highest BCUT2D eigenvalue weighted by molar-refractivity contribution is 7.99. The smallest absolute Gasteiger partial charge is 0.345 e. The molecule has 4 rings (SSSR count). The number of nitrogens with zero attached hydrogens (tertiary/aromatic N) is 1. The molecule has 0 aromatic heterocycles. The van der Waals surface area contributed by atoms with Crippen molar-refractivity contribution in [2.45, 2.75) is 49.7 Å². The summed E-state index contributed by atoms with van der Waals surface area (Å²) >= 11 is 1.63. The third-order valence-corrected chi connectivity index (χ3v) is 8.58. The number of methoxy groups -OCH3 is 5. The summed E-state index contributed by atoms with van der Waals surface area (Å²) in [5.41, 5.74) is 2.09. The van der Waals surface area contributed by atoms with Gasteiger partial charge in [0, 0.05) is 10.6 Å². The van der Waals surface area contributed by atoms with E-state index >= 15 is 0 Å². The quantitative estimate of drug-likeness (QED) is 0.0694. The van der Waals surface area contributed by atoms with E-state index in [0.717, 1.165) is 41.0 Å². The zero-order chi connectivity index (χ0) is 33.1. The minimum absolute atomic E-state index is 0.204. The fourth-order valence-electron chi connectivity index (χ4n) is 5.18. The van der Waals surface area contributed by atoms with E-state index in [-0.39, 0.29) is 18.8 Å². The monoisotopic (exact) mass is 656 g/mol. The van der Waals surface area contributed by atoms with Crippen LogP contribution in [0.5, 0.6) is 34.5 Å². The van der Waals surface area contributed by atoms with Crippen LogP contribution >= 0.6 is 11.8 Å². The van der Waals surface area contributed by atoms with Gasteiger partial charge in [-0.3, -0.25) is 5.21 Å². The maximum absolute atomic E-state index is 13.0. The average molecular weight is 657 g/mol. The Kier molecular flexibility index (Phi) is 12.9. The molecule has 0 saturated carbocycles. The van der Waals surface area contributed by atoms with Gasteiger partial charge in [0.15, 0.2) is 23.0 Å². The first kappa shape index (κ1) is 34.9. The lowest BCUT2D eigenvalue weighted by atomic mass is 10.0. The number of carbonyl (C=O) groups excluding carboxylic acids is 1. The average Bonchev–Trinajstić information content (AvgIpc) is 3.59. The second-order valence-electron chi connectivity index (χ2n) is 10.5. The van der Waals surface area contributed by atoms with Crippen LogP contribution in [-0.2, 0) is 4.74 Å². The Morgan fingerprint density at radius 3 is 2.00 bits per heavy atom. The van der Waals surface area contributed by atoms with Gasteiger partial charge in [0.1, 0.15) is 5.75 Å². The molecule has 1 aliphatic heterocycles. The topological polar surface area (TPSA) is 117 Å². The van der Waals surface area contributed by atoms with Crippen molar-refractivity contribution < 1.29 is 43.2 Å². The van der Waals surface area contributed by atoms with Crippen LogP contribution in [0, 0.1) is 0 Å². The van der Waals surface area contributed by atoms with E-state index in [1.807, 2.05) is 55.5 Å². The van der Waals surface area contributed by atoms with Crippen LogP contribution in [-0.4, -0.2) is 70.8 Å². The molecule has 46 heavy (non-hydrogen) atoms. The van der Waals surface area contributed by atoms with Crippen molar-refractivity contribution in [1.29, 1.82) is 0 Å². The molecule has 1 aliphatic rings. The number of urea groups is 1. The van der Waals surface area contributed by atoms with Gasteiger partial charge in [-0.25, -0.2) is 9.86 Å². The number of carbonyl (C=O) groups is 1. The Bertz CT molecular complexity index is 1410. The molecule has 12 heteroatoms. The summed E-state index contributed by atoms with van der Waals surface area (Å²) in [6.45, 7) is 2.54.